The fourth-order valence-electron chi connectivity index (χ4n) is 2.28. The number of hydrogen-bond acceptors (Lipinski definition) is 3. The smallest absolute Gasteiger partial charge is 0.352 e. The van der Waals surface area contributed by atoms with Crippen LogP contribution in [0.3, 0.4) is 0 Å². The molecule has 130 valence electrons. The molecular formula is C20H14BrNO4. The molecule has 1 amide bonds. The molecule has 3 rings (SSSR count). The maximum Gasteiger partial charge on any atom is 0.352 e. The van der Waals surface area contributed by atoms with Crippen LogP contribution in [-0.4, -0.2) is 17.0 Å². The largest absolute Gasteiger partial charge is 0.477 e. The average Bonchev–Trinajstić information content (AvgIpc) is 3.11. The zero-order valence-corrected chi connectivity index (χ0v) is 15.1. The number of halogens is 1. The molecule has 0 saturated carbocycles. The first-order valence-corrected chi connectivity index (χ1v) is 8.49. The first-order chi connectivity index (χ1) is 12.5. The predicted molar refractivity (Wildman–Crippen MR) is 101 cm³/mol. The van der Waals surface area contributed by atoms with E-state index >= 15 is 0 Å². The van der Waals surface area contributed by atoms with Crippen LogP contribution in [0.5, 0.6) is 0 Å². The van der Waals surface area contributed by atoms with Gasteiger partial charge in [-0.3, -0.25) is 4.79 Å². The summed E-state index contributed by atoms with van der Waals surface area (Å²) in [6.07, 6.45) is 1.28. The third-order valence-electron chi connectivity index (χ3n) is 3.56. The molecule has 0 unspecified atom stereocenters. The number of carbonyl (C=O) groups is 2. The highest BCUT2D eigenvalue weighted by molar-refractivity contribution is 9.10. The minimum absolute atomic E-state index is 0.268. The predicted octanol–water partition coefficient (Wildman–Crippen LogP) is 4.56. The lowest BCUT2D eigenvalue weighted by molar-refractivity contribution is -0.132. The van der Waals surface area contributed by atoms with Crippen molar-refractivity contribution in [2.45, 2.75) is 0 Å². The molecule has 1 heterocycles. The Bertz CT molecular complexity index is 959. The Morgan fingerprint density at radius 3 is 2.31 bits per heavy atom. The number of carboxylic acid groups (broad SMARTS) is 1. The van der Waals surface area contributed by atoms with Crippen molar-refractivity contribution in [3.63, 3.8) is 0 Å². The number of amides is 1. The number of carbonyl (C=O) groups excluding carboxylic acids is 1. The lowest BCUT2D eigenvalue weighted by atomic mass is 10.2. The first kappa shape index (κ1) is 17.7. The summed E-state index contributed by atoms with van der Waals surface area (Å²) in [7, 11) is 0. The third-order valence-corrected chi connectivity index (χ3v) is 4.09. The van der Waals surface area contributed by atoms with Gasteiger partial charge in [-0.2, -0.15) is 0 Å². The summed E-state index contributed by atoms with van der Waals surface area (Å²) in [5.74, 6) is -0.827. The van der Waals surface area contributed by atoms with E-state index in [2.05, 4.69) is 21.2 Å². The molecule has 0 aliphatic heterocycles. The second kappa shape index (κ2) is 7.84. The second-order valence-electron chi connectivity index (χ2n) is 5.39. The number of rotatable bonds is 5. The summed E-state index contributed by atoms with van der Waals surface area (Å²) in [6.45, 7) is 0. The highest BCUT2D eigenvalue weighted by Crippen LogP contribution is 2.24. The molecule has 2 N–H and O–H groups in total. The van der Waals surface area contributed by atoms with Gasteiger partial charge in [0.05, 0.1) is 0 Å². The standard InChI is InChI=1S/C20H14BrNO4/c21-15-8-6-13(7-9-15)18-11-10-16(26-18)12-17(20(24)25)22-19(23)14-4-2-1-3-5-14/h1-12H,(H,22,23)(H,24,25)/b17-12-. The van der Waals surface area contributed by atoms with Gasteiger partial charge < -0.3 is 14.8 Å². The Morgan fingerprint density at radius 1 is 0.962 bits per heavy atom. The van der Waals surface area contributed by atoms with Crippen molar-refractivity contribution in [3.05, 3.63) is 88.2 Å². The van der Waals surface area contributed by atoms with Crippen LogP contribution in [0.15, 0.2) is 81.3 Å². The summed E-state index contributed by atoms with van der Waals surface area (Å²) < 4.78 is 6.62. The highest BCUT2D eigenvalue weighted by atomic mass is 79.9. The van der Waals surface area contributed by atoms with Crippen molar-refractivity contribution in [1.29, 1.82) is 0 Å². The zero-order valence-electron chi connectivity index (χ0n) is 13.5. The SMILES string of the molecule is O=C(O)/C(=C/c1ccc(-c2ccc(Br)cc2)o1)NC(=O)c1ccccc1. The van der Waals surface area contributed by atoms with E-state index in [-0.39, 0.29) is 5.70 Å². The number of nitrogens with one attached hydrogen (secondary N) is 1. The van der Waals surface area contributed by atoms with Gasteiger partial charge in [0.15, 0.2) is 0 Å². The van der Waals surface area contributed by atoms with Crippen LogP contribution in [0.4, 0.5) is 0 Å². The molecule has 0 aliphatic carbocycles. The van der Waals surface area contributed by atoms with Gasteiger partial charge in [-0.15, -0.1) is 0 Å². The minimum atomic E-state index is -1.25. The van der Waals surface area contributed by atoms with Gasteiger partial charge in [0, 0.05) is 21.7 Å². The number of carboxylic acids is 1. The minimum Gasteiger partial charge on any atom is -0.477 e. The van der Waals surface area contributed by atoms with Crippen molar-refractivity contribution in [3.8, 4) is 11.3 Å². The average molecular weight is 412 g/mol. The summed E-state index contributed by atoms with van der Waals surface area (Å²) in [5, 5.41) is 11.7. The Morgan fingerprint density at radius 2 is 1.65 bits per heavy atom. The van der Waals surface area contributed by atoms with Crippen LogP contribution >= 0.6 is 15.9 Å². The molecule has 3 aromatic rings. The summed E-state index contributed by atoms with van der Waals surface area (Å²) >= 11 is 3.37. The van der Waals surface area contributed by atoms with Gasteiger partial charge in [-0.05, 0) is 36.4 Å². The van der Waals surface area contributed by atoms with E-state index in [1.54, 1.807) is 42.5 Å². The number of furan rings is 1. The summed E-state index contributed by atoms with van der Waals surface area (Å²) in [6, 6.07) is 19.3. The first-order valence-electron chi connectivity index (χ1n) is 7.70. The van der Waals surface area contributed by atoms with Crippen LogP contribution < -0.4 is 5.32 Å². The van der Waals surface area contributed by atoms with Gasteiger partial charge in [-0.1, -0.05) is 46.3 Å². The molecule has 0 fully saturated rings. The van der Waals surface area contributed by atoms with E-state index in [4.69, 9.17) is 4.42 Å². The lowest BCUT2D eigenvalue weighted by Crippen LogP contribution is -2.27. The lowest BCUT2D eigenvalue weighted by Gasteiger charge is -2.05. The Balaban J connectivity index is 1.82. The van der Waals surface area contributed by atoms with Crippen LogP contribution in [0.25, 0.3) is 17.4 Å². The number of aliphatic carboxylic acids is 1. The maximum atomic E-state index is 12.2. The van der Waals surface area contributed by atoms with E-state index in [0.717, 1.165) is 10.0 Å². The van der Waals surface area contributed by atoms with Crippen LogP contribution in [0.1, 0.15) is 16.1 Å². The molecule has 0 spiro atoms. The van der Waals surface area contributed by atoms with Gasteiger partial charge in [0.25, 0.3) is 5.91 Å². The Hall–Kier alpha value is -3.12. The van der Waals surface area contributed by atoms with Crippen LogP contribution in [-0.2, 0) is 4.79 Å². The van der Waals surface area contributed by atoms with Crippen molar-refractivity contribution >= 4 is 33.9 Å². The van der Waals surface area contributed by atoms with Gasteiger partial charge in [-0.25, -0.2) is 4.79 Å². The molecule has 0 bridgehead atoms. The number of hydrogen-bond donors (Lipinski definition) is 2. The van der Waals surface area contributed by atoms with Crippen LogP contribution in [0, 0.1) is 0 Å². The summed E-state index contributed by atoms with van der Waals surface area (Å²) in [4.78, 5) is 23.6. The molecule has 6 heteroatoms. The van der Waals surface area contributed by atoms with E-state index in [1.165, 1.54) is 6.08 Å². The van der Waals surface area contributed by atoms with Crippen molar-refractivity contribution in [1.82, 2.24) is 5.32 Å². The molecule has 5 nitrogen and oxygen atoms in total. The number of benzene rings is 2. The van der Waals surface area contributed by atoms with E-state index in [0.29, 0.717) is 17.1 Å². The third kappa shape index (κ3) is 4.29. The molecule has 0 aliphatic rings. The van der Waals surface area contributed by atoms with Gasteiger partial charge in [0.1, 0.15) is 17.2 Å². The van der Waals surface area contributed by atoms with E-state index in [1.807, 2.05) is 24.3 Å². The van der Waals surface area contributed by atoms with Gasteiger partial charge in [0.2, 0.25) is 0 Å². The monoisotopic (exact) mass is 411 g/mol. The molecule has 0 atom stereocenters. The van der Waals surface area contributed by atoms with Gasteiger partial charge >= 0.3 is 5.97 Å². The second-order valence-corrected chi connectivity index (χ2v) is 6.31. The molecule has 26 heavy (non-hydrogen) atoms. The topological polar surface area (TPSA) is 79.5 Å². The van der Waals surface area contributed by atoms with Crippen molar-refractivity contribution in [2.24, 2.45) is 0 Å². The van der Waals surface area contributed by atoms with E-state index < -0.39 is 11.9 Å². The highest BCUT2D eigenvalue weighted by Gasteiger charge is 2.14. The molecular weight excluding hydrogens is 398 g/mol. The summed E-state index contributed by atoms with van der Waals surface area (Å²) in [5.41, 5.74) is 0.961. The Kier molecular flexibility index (Phi) is 5.34. The maximum absolute atomic E-state index is 12.2. The zero-order chi connectivity index (χ0) is 18.5. The molecule has 0 saturated heterocycles. The molecule has 1 aromatic heterocycles. The van der Waals surface area contributed by atoms with E-state index in [9.17, 15) is 14.7 Å². The quantitative estimate of drug-likeness (QED) is 0.602. The normalized spacial score (nSPS) is 11.2. The molecule has 2 aromatic carbocycles. The molecule has 0 radical (unpaired) electrons. The van der Waals surface area contributed by atoms with Crippen molar-refractivity contribution < 1.29 is 19.1 Å². The Labute approximate surface area is 158 Å². The fourth-order valence-corrected chi connectivity index (χ4v) is 2.54. The fraction of sp³-hybridized carbons (Fsp3) is 0. The van der Waals surface area contributed by atoms with Crippen molar-refractivity contribution in [2.75, 3.05) is 0 Å². The van der Waals surface area contributed by atoms with Crippen LogP contribution in [0.2, 0.25) is 0 Å².